The number of hydrogen-bond donors (Lipinski definition) is 1. The zero-order valence-electron chi connectivity index (χ0n) is 11.1. The number of anilines is 1. The van der Waals surface area contributed by atoms with Crippen molar-refractivity contribution in [2.75, 3.05) is 18.8 Å². The van der Waals surface area contributed by atoms with Crippen molar-refractivity contribution in [1.29, 1.82) is 0 Å². The second-order valence-corrected chi connectivity index (χ2v) is 5.29. The van der Waals surface area contributed by atoms with Gasteiger partial charge in [-0.3, -0.25) is 4.79 Å². The number of nitrogen functional groups attached to an aromatic ring is 1. The molecule has 3 rings (SSSR count). The molecule has 1 amide bonds. The van der Waals surface area contributed by atoms with Gasteiger partial charge in [0.05, 0.1) is 12.2 Å². The first-order valence-electron chi connectivity index (χ1n) is 6.87. The van der Waals surface area contributed by atoms with E-state index in [2.05, 4.69) is 4.98 Å². The second-order valence-electron chi connectivity index (χ2n) is 5.29. The molecule has 2 fully saturated rings. The molecule has 102 valence electrons. The van der Waals surface area contributed by atoms with Crippen molar-refractivity contribution >= 4 is 11.7 Å². The van der Waals surface area contributed by atoms with Crippen molar-refractivity contribution in [2.45, 2.75) is 38.4 Å². The number of nitrogens with two attached hydrogens (primary N) is 1. The predicted octanol–water partition coefficient (Wildman–Crippen LogP) is 1.23. The minimum Gasteiger partial charge on any atom is -0.384 e. The van der Waals surface area contributed by atoms with Gasteiger partial charge in [0.1, 0.15) is 5.82 Å². The molecule has 0 aromatic carbocycles. The van der Waals surface area contributed by atoms with E-state index in [0.717, 1.165) is 25.0 Å². The maximum Gasteiger partial charge on any atom is 0.254 e. The normalized spacial score (nSPS) is 25.6. The van der Waals surface area contributed by atoms with Crippen LogP contribution in [0.3, 0.4) is 0 Å². The van der Waals surface area contributed by atoms with Crippen LogP contribution < -0.4 is 5.73 Å². The third-order valence-electron chi connectivity index (χ3n) is 3.84. The van der Waals surface area contributed by atoms with Crippen LogP contribution in [0, 0.1) is 0 Å². The number of aryl methyl sites for hydroxylation is 1. The van der Waals surface area contributed by atoms with E-state index in [9.17, 15) is 4.79 Å². The van der Waals surface area contributed by atoms with Gasteiger partial charge in [0, 0.05) is 24.3 Å². The average Bonchev–Trinajstić information content (AvgIpc) is 2.75. The summed E-state index contributed by atoms with van der Waals surface area (Å²) in [6.07, 6.45) is 3.33. The van der Waals surface area contributed by atoms with Gasteiger partial charge in [0.15, 0.2) is 0 Å². The molecular formula is C14H19N3O2. The molecule has 19 heavy (non-hydrogen) atoms. The van der Waals surface area contributed by atoms with Crippen molar-refractivity contribution in [3.8, 4) is 0 Å². The molecular weight excluding hydrogens is 242 g/mol. The van der Waals surface area contributed by atoms with E-state index in [4.69, 9.17) is 10.5 Å². The molecule has 2 bridgehead atoms. The topological polar surface area (TPSA) is 68.5 Å². The van der Waals surface area contributed by atoms with Crippen molar-refractivity contribution in [3.63, 3.8) is 0 Å². The van der Waals surface area contributed by atoms with E-state index in [1.54, 1.807) is 6.07 Å². The van der Waals surface area contributed by atoms with Gasteiger partial charge >= 0.3 is 0 Å². The number of amides is 1. The minimum atomic E-state index is 0.0454. The van der Waals surface area contributed by atoms with Crippen LogP contribution in [0.4, 0.5) is 5.82 Å². The molecule has 0 radical (unpaired) electrons. The number of aromatic nitrogens is 1. The summed E-state index contributed by atoms with van der Waals surface area (Å²) >= 11 is 0. The lowest BCUT2D eigenvalue weighted by Crippen LogP contribution is -2.45. The number of rotatable bonds is 2. The van der Waals surface area contributed by atoms with Crippen LogP contribution in [0.15, 0.2) is 12.1 Å². The number of ether oxygens (including phenoxy) is 1. The highest BCUT2D eigenvalue weighted by atomic mass is 16.5. The number of likely N-dealkylation sites (tertiary alicyclic amines) is 1. The third kappa shape index (κ3) is 2.42. The summed E-state index contributed by atoms with van der Waals surface area (Å²) in [6.45, 7) is 3.39. The zero-order chi connectivity index (χ0) is 13.4. The Kier molecular flexibility index (Phi) is 3.14. The Morgan fingerprint density at radius 3 is 2.74 bits per heavy atom. The van der Waals surface area contributed by atoms with Crippen molar-refractivity contribution in [2.24, 2.45) is 0 Å². The van der Waals surface area contributed by atoms with Gasteiger partial charge in [0.2, 0.25) is 0 Å². The molecule has 5 nitrogen and oxygen atoms in total. The average molecular weight is 261 g/mol. The maximum absolute atomic E-state index is 12.5. The standard InChI is InChI=1S/C14H19N3O2/c1-2-10-5-9(6-13(15)16-10)14(18)17-7-11-3-4-12(8-17)19-11/h5-6,11-12H,2-4,7-8H2,1H3,(H2,15,16). The molecule has 2 aliphatic heterocycles. The summed E-state index contributed by atoms with van der Waals surface area (Å²) in [5, 5.41) is 0. The maximum atomic E-state index is 12.5. The van der Waals surface area contributed by atoms with Crippen LogP contribution in [0.5, 0.6) is 0 Å². The molecule has 2 atom stereocenters. The van der Waals surface area contributed by atoms with Gasteiger partial charge in [-0.1, -0.05) is 6.92 Å². The zero-order valence-corrected chi connectivity index (χ0v) is 11.1. The Bertz CT molecular complexity index is 491. The number of morpholine rings is 1. The van der Waals surface area contributed by atoms with Gasteiger partial charge in [-0.15, -0.1) is 0 Å². The van der Waals surface area contributed by atoms with E-state index in [1.165, 1.54) is 0 Å². The fourth-order valence-electron chi connectivity index (χ4n) is 2.88. The third-order valence-corrected chi connectivity index (χ3v) is 3.84. The lowest BCUT2D eigenvalue weighted by atomic mass is 10.1. The van der Waals surface area contributed by atoms with Gasteiger partial charge in [-0.05, 0) is 31.4 Å². The quantitative estimate of drug-likeness (QED) is 0.869. The van der Waals surface area contributed by atoms with Crippen LogP contribution in [0.2, 0.25) is 0 Å². The molecule has 2 N–H and O–H groups in total. The largest absolute Gasteiger partial charge is 0.384 e. The summed E-state index contributed by atoms with van der Waals surface area (Å²) < 4.78 is 5.75. The Balaban J connectivity index is 1.81. The smallest absolute Gasteiger partial charge is 0.254 e. The van der Waals surface area contributed by atoms with Crippen molar-refractivity contribution < 1.29 is 9.53 Å². The van der Waals surface area contributed by atoms with E-state index in [1.807, 2.05) is 17.9 Å². The van der Waals surface area contributed by atoms with Crippen molar-refractivity contribution in [3.05, 3.63) is 23.4 Å². The highest BCUT2D eigenvalue weighted by molar-refractivity contribution is 5.95. The molecule has 2 aliphatic rings. The predicted molar refractivity (Wildman–Crippen MR) is 71.8 cm³/mol. The first kappa shape index (κ1) is 12.4. The number of fused-ring (bicyclic) bond motifs is 2. The van der Waals surface area contributed by atoms with Crippen LogP contribution in [0.25, 0.3) is 0 Å². The Morgan fingerprint density at radius 2 is 2.11 bits per heavy atom. The van der Waals surface area contributed by atoms with Crippen molar-refractivity contribution in [1.82, 2.24) is 9.88 Å². The van der Waals surface area contributed by atoms with Crippen LogP contribution in [-0.4, -0.2) is 41.1 Å². The van der Waals surface area contributed by atoms with Gasteiger partial charge in [0.25, 0.3) is 5.91 Å². The molecule has 1 aromatic rings. The monoisotopic (exact) mass is 261 g/mol. The first-order chi connectivity index (χ1) is 9.15. The second kappa shape index (κ2) is 4.81. The fraction of sp³-hybridized carbons (Fsp3) is 0.571. The van der Waals surface area contributed by atoms with E-state index >= 15 is 0 Å². The fourth-order valence-corrected chi connectivity index (χ4v) is 2.88. The summed E-state index contributed by atoms with van der Waals surface area (Å²) in [4.78, 5) is 18.6. The highest BCUT2D eigenvalue weighted by Crippen LogP contribution is 2.27. The van der Waals surface area contributed by atoms with Gasteiger partial charge < -0.3 is 15.4 Å². The highest BCUT2D eigenvalue weighted by Gasteiger charge is 2.36. The first-order valence-corrected chi connectivity index (χ1v) is 6.87. The molecule has 5 heteroatoms. The summed E-state index contributed by atoms with van der Waals surface area (Å²) in [5.41, 5.74) is 7.27. The minimum absolute atomic E-state index is 0.0454. The van der Waals surface area contributed by atoms with E-state index < -0.39 is 0 Å². The number of pyridine rings is 1. The number of carbonyl (C=O) groups excluding carboxylic acids is 1. The molecule has 2 saturated heterocycles. The SMILES string of the molecule is CCc1cc(C(=O)N2CC3CCC(C2)O3)cc(N)n1. The molecule has 0 spiro atoms. The summed E-state index contributed by atoms with van der Waals surface area (Å²) in [6, 6.07) is 3.51. The molecule has 3 heterocycles. The summed E-state index contributed by atoms with van der Waals surface area (Å²) in [5.74, 6) is 0.461. The number of carbonyl (C=O) groups is 1. The Morgan fingerprint density at radius 1 is 1.42 bits per heavy atom. The number of hydrogen-bond acceptors (Lipinski definition) is 4. The molecule has 0 saturated carbocycles. The van der Waals surface area contributed by atoms with Crippen LogP contribution in [-0.2, 0) is 11.2 Å². The Hall–Kier alpha value is -1.62. The Labute approximate surface area is 112 Å². The summed E-state index contributed by atoms with van der Waals surface area (Å²) in [7, 11) is 0. The van der Waals surface area contributed by atoms with E-state index in [0.29, 0.717) is 24.5 Å². The van der Waals surface area contributed by atoms with Crippen LogP contribution in [0.1, 0.15) is 35.8 Å². The van der Waals surface area contributed by atoms with Gasteiger partial charge in [-0.25, -0.2) is 4.98 Å². The lowest BCUT2D eigenvalue weighted by Gasteiger charge is -2.32. The molecule has 2 unspecified atom stereocenters. The molecule has 0 aliphatic carbocycles. The van der Waals surface area contributed by atoms with E-state index in [-0.39, 0.29) is 18.1 Å². The number of nitrogens with zero attached hydrogens (tertiary/aromatic N) is 2. The molecule has 1 aromatic heterocycles. The van der Waals surface area contributed by atoms with Crippen LogP contribution >= 0.6 is 0 Å². The lowest BCUT2D eigenvalue weighted by molar-refractivity contribution is -0.0303. The van der Waals surface area contributed by atoms with Gasteiger partial charge in [-0.2, -0.15) is 0 Å².